The first-order valence-electron chi connectivity index (χ1n) is 12.2. The maximum absolute atomic E-state index is 12.7. The average Bonchev–Trinajstić information content (AvgIpc) is 3.66. The Bertz CT molecular complexity index is 1460. The number of nitrogens with one attached hydrogen (secondary N) is 5. The van der Waals surface area contributed by atoms with Crippen LogP contribution in [0.15, 0.2) is 30.5 Å². The van der Waals surface area contributed by atoms with Crippen LogP contribution >= 0.6 is 11.3 Å². The fourth-order valence-corrected chi connectivity index (χ4v) is 4.44. The van der Waals surface area contributed by atoms with E-state index in [9.17, 15) is 29.4 Å². The van der Waals surface area contributed by atoms with Gasteiger partial charge in [0.15, 0.2) is 30.9 Å². The fraction of sp³-hybridized carbons (Fsp3) is 0.292. The largest absolute Gasteiger partial charge is 0.494 e. The monoisotopic (exact) mass is 580 g/mol. The molecule has 0 unspecified atom stereocenters. The van der Waals surface area contributed by atoms with Gasteiger partial charge in [-0.1, -0.05) is 6.07 Å². The van der Waals surface area contributed by atoms with Crippen LogP contribution in [-0.2, 0) is 9.59 Å². The van der Waals surface area contributed by atoms with Crippen LogP contribution in [0, 0.1) is 5.92 Å². The Hall–Kier alpha value is -4.61. The van der Waals surface area contributed by atoms with Crippen LogP contribution in [0.2, 0.25) is 0 Å². The molecule has 0 bridgehead atoms. The number of aromatic nitrogens is 3. The van der Waals surface area contributed by atoms with Gasteiger partial charge in [-0.2, -0.15) is 0 Å². The van der Waals surface area contributed by atoms with E-state index >= 15 is 0 Å². The van der Waals surface area contributed by atoms with Gasteiger partial charge >= 0.3 is 0 Å². The molecular weight excluding hydrogens is 555 g/mol. The summed E-state index contributed by atoms with van der Waals surface area (Å²) in [5, 5.41) is 39.6. The van der Waals surface area contributed by atoms with Crippen molar-refractivity contribution in [1.29, 1.82) is 0 Å². The highest BCUT2D eigenvalue weighted by molar-refractivity contribution is 7.17. The van der Waals surface area contributed by atoms with Crippen LogP contribution < -0.4 is 31.3 Å². The maximum atomic E-state index is 12.7. The average molecular weight is 580 g/mol. The second-order valence-corrected chi connectivity index (χ2v) is 9.84. The summed E-state index contributed by atoms with van der Waals surface area (Å²) in [6, 6.07) is 6.40. The maximum Gasteiger partial charge on any atom is 0.277 e. The molecule has 212 valence electrons. The molecule has 2 aromatic heterocycles. The molecule has 0 saturated heterocycles. The van der Waals surface area contributed by atoms with E-state index in [1.807, 2.05) is 0 Å². The number of amides is 4. The molecule has 0 spiro atoms. The number of ether oxygens (including phenoxy) is 1. The standard InChI is InChI=1S/C24H25BN8O7S/c1-40-19-13(23-28-10-16(41-23)21(36)27-8-7-26-11-34)3-2-4-14(19)29-15-9-17(30-20(35)12-5-6-12)32-33-18(15)22(37)31-24(25,38)39/h2-4,9-12,38-39H,5-8H2,1H3,(H,26,34)(H,27,36)(H,31,37)(H2,29,30,32,35). The first-order chi connectivity index (χ1) is 19.6. The summed E-state index contributed by atoms with van der Waals surface area (Å²) in [5.41, 5.74) is 0.536. The Kier molecular flexibility index (Phi) is 9.11. The van der Waals surface area contributed by atoms with Crippen molar-refractivity contribution in [2.45, 2.75) is 18.7 Å². The molecule has 1 aliphatic carbocycles. The summed E-state index contributed by atoms with van der Waals surface area (Å²) < 4.78 is 5.64. The molecule has 4 amide bonds. The second-order valence-electron chi connectivity index (χ2n) is 8.80. The van der Waals surface area contributed by atoms with Crippen molar-refractivity contribution in [3.63, 3.8) is 0 Å². The van der Waals surface area contributed by atoms with Gasteiger partial charge < -0.3 is 41.5 Å². The van der Waals surface area contributed by atoms with Crippen molar-refractivity contribution >= 4 is 60.5 Å². The SMILES string of the molecule is [B]C(O)(O)NC(=O)c1nnc(NC(=O)C2CC2)cc1Nc1cccc(-c2ncc(C(=O)NCCNC=O)s2)c1OC. The molecule has 4 rings (SSSR count). The van der Waals surface area contributed by atoms with Gasteiger partial charge in [0.1, 0.15) is 9.88 Å². The molecular formula is C24H25BN8O7S. The van der Waals surface area contributed by atoms with Gasteiger partial charge in [0, 0.05) is 25.1 Å². The molecule has 1 fully saturated rings. The van der Waals surface area contributed by atoms with Crippen LogP contribution in [-0.4, -0.2) is 83.4 Å². The van der Waals surface area contributed by atoms with Crippen molar-refractivity contribution in [2.24, 2.45) is 5.92 Å². The van der Waals surface area contributed by atoms with Gasteiger partial charge in [-0.25, -0.2) is 4.98 Å². The van der Waals surface area contributed by atoms with Crippen molar-refractivity contribution in [3.8, 4) is 16.3 Å². The van der Waals surface area contributed by atoms with Gasteiger partial charge in [-0.05, 0) is 25.0 Å². The number of hydrogen-bond donors (Lipinski definition) is 7. The molecule has 17 heteroatoms. The summed E-state index contributed by atoms with van der Waals surface area (Å²) in [6.45, 7) is 0.519. The van der Waals surface area contributed by atoms with Gasteiger partial charge in [0.25, 0.3) is 11.8 Å². The number of methoxy groups -OCH3 is 1. The minimum absolute atomic E-state index is 0.0337. The van der Waals surface area contributed by atoms with E-state index in [-0.39, 0.29) is 48.0 Å². The van der Waals surface area contributed by atoms with Crippen molar-refractivity contribution in [1.82, 2.24) is 31.1 Å². The van der Waals surface area contributed by atoms with Crippen molar-refractivity contribution in [2.75, 3.05) is 30.8 Å². The smallest absolute Gasteiger partial charge is 0.277 e. The van der Waals surface area contributed by atoms with Gasteiger partial charge in [-0.15, -0.1) is 21.5 Å². The number of hydrogen-bond acceptors (Lipinski definition) is 12. The Morgan fingerprint density at radius 2 is 1.95 bits per heavy atom. The lowest BCUT2D eigenvalue weighted by atomic mass is 10.0. The molecule has 15 nitrogen and oxygen atoms in total. The lowest BCUT2D eigenvalue weighted by molar-refractivity contribution is -0.117. The zero-order valence-corrected chi connectivity index (χ0v) is 22.4. The quantitative estimate of drug-likeness (QED) is 0.0601. The van der Waals surface area contributed by atoms with Crippen LogP contribution in [0.25, 0.3) is 10.6 Å². The number of para-hydroxylation sites is 1. The van der Waals surface area contributed by atoms with Crippen LogP contribution in [0.4, 0.5) is 17.2 Å². The number of thiazole rings is 1. The Morgan fingerprint density at radius 3 is 2.63 bits per heavy atom. The van der Waals surface area contributed by atoms with Gasteiger partial charge in [0.05, 0.1) is 30.2 Å². The first kappa shape index (κ1) is 29.4. The minimum atomic E-state index is -3.02. The molecule has 2 radical (unpaired) electrons. The summed E-state index contributed by atoms with van der Waals surface area (Å²) in [6.07, 6.45) is 3.47. The Labute approximate surface area is 238 Å². The Morgan fingerprint density at radius 1 is 1.17 bits per heavy atom. The predicted octanol–water partition coefficient (Wildman–Crippen LogP) is -0.329. The molecule has 1 aromatic carbocycles. The van der Waals surface area contributed by atoms with E-state index in [0.29, 0.717) is 33.3 Å². The molecule has 7 N–H and O–H groups in total. The number of nitrogens with zero attached hydrogens (tertiary/aromatic N) is 3. The number of anilines is 3. The van der Waals surface area contributed by atoms with Crippen LogP contribution in [0.1, 0.15) is 33.0 Å². The fourth-order valence-electron chi connectivity index (χ4n) is 3.58. The van der Waals surface area contributed by atoms with Crippen LogP contribution in [0.5, 0.6) is 5.75 Å². The third-order valence-electron chi connectivity index (χ3n) is 5.59. The van der Waals surface area contributed by atoms with E-state index in [1.165, 1.54) is 19.4 Å². The molecule has 1 aliphatic rings. The summed E-state index contributed by atoms with van der Waals surface area (Å²) in [4.78, 5) is 52.4. The lowest BCUT2D eigenvalue weighted by Crippen LogP contribution is -2.49. The number of benzene rings is 1. The molecule has 1 saturated carbocycles. The zero-order valence-electron chi connectivity index (χ0n) is 21.6. The lowest BCUT2D eigenvalue weighted by Gasteiger charge is -2.20. The summed E-state index contributed by atoms with van der Waals surface area (Å²) >= 11 is 1.11. The van der Waals surface area contributed by atoms with Crippen molar-refractivity contribution in [3.05, 3.63) is 41.0 Å². The highest BCUT2D eigenvalue weighted by Crippen LogP contribution is 2.40. The van der Waals surface area contributed by atoms with Crippen LogP contribution in [0.3, 0.4) is 0 Å². The molecule has 0 atom stereocenters. The first-order valence-corrected chi connectivity index (χ1v) is 13.0. The van der Waals surface area contributed by atoms with Gasteiger partial charge in [0.2, 0.25) is 12.3 Å². The molecule has 3 aromatic rings. The highest BCUT2D eigenvalue weighted by Gasteiger charge is 2.30. The predicted molar refractivity (Wildman–Crippen MR) is 148 cm³/mol. The highest BCUT2D eigenvalue weighted by atomic mass is 32.1. The normalized spacial score (nSPS) is 12.7. The molecule has 0 aliphatic heterocycles. The third-order valence-corrected chi connectivity index (χ3v) is 6.62. The van der Waals surface area contributed by atoms with Crippen molar-refractivity contribution < 1.29 is 34.1 Å². The molecule has 41 heavy (non-hydrogen) atoms. The van der Waals surface area contributed by atoms with E-state index in [1.54, 1.807) is 23.5 Å². The Balaban J connectivity index is 1.63. The third kappa shape index (κ3) is 7.74. The number of rotatable bonds is 13. The second kappa shape index (κ2) is 12.7. The number of aliphatic hydroxyl groups is 2. The van der Waals surface area contributed by atoms with E-state index < -0.39 is 11.7 Å². The van der Waals surface area contributed by atoms with Gasteiger partial charge in [-0.3, -0.25) is 19.2 Å². The summed E-state index contributed by atoms with van der Waals surface area (Å²) in [7, 11) is 6.51. The van der Waals surface area contributed by atoms with E-state index in [4.69, 9.17) is 12.6 Å². The molecule has 2 heterocycles. The minimum Gasteiger partial charge on any atom is -0.494 e. The van der Waals surface area contributed by atoms with E-state index in [2.05, 4.69) is 36.4 Å². The van der Waals surface area contributed by atoms with E-state index in [0.717, 1.165) is 24.2 Å². The zero-order chi connectivity index (χ0) is 29.6. The summed E-state index contributed by atoms with van der Waals surface area (Å²) in [5.74, 6) is -4.45. The number of carbonyl (C=O) groups is 4. The topological polar surface area (TPSA) is 217 Å². The number of carbonyl (C=O) groups excluding carboxylic acids is 4.